The average Bonchev–Trinajstić information content (AvgIpc) is 2.93. The van der Waals surface area contributed by atoms with Crippen molar-refractivity contribution in [1.29, 1.82) is 0 Å². The third kappa shape index (κ3) is 2.23. The second kappa shape index (κ2) is 5.68. The fourth-order valence-corrected chi connectivity index (χ4v) is 6.88. The van der Waals surface area contributed by atoms with Gasteiger partial charge in [0, 0.05) is 11.8 Å². The number of aliphatic hydroxyl groups is 2. The Labute approximate surface area is 150 Å². The summed E-state index contributed by atoms with van der Waals surface area (Å²) >= 11 is 0. The lowest BCUT2D eigenvalue weighted by atomic mass is 9.46. The molecule has 2 saturated carbocycles. The van der Waals surface area contributed by atoms with E-state index in [1.54, 1.807) is 0 Å². The van der Waals surface area contributed by atoms with E-state index >= 15 is 0 Å². The van der Waals surface area contributed by atoms with Gasteiger partial charge in [-0.05, 0) is 67.8 Å². The smallest absolute Gasteiger partial charge is 0.0799 e. The maximum Gasteiger partial charge on any atom is 0.0799 e. The first kappa shape index (κ1) is 17.3. The second-order valence-corrected chi connectivity index (χ2v) is 9.23. The van der Waals surface area contributed by atoms with Gasteiger partial charge in [-0.15, -0.1) is 0 Å². The fourth-order valence-electron chi connectivity index (χ4n) is 6.88. The van der Waals surface area contributed by atoms with Crippen LogP contribution in [0.4, 0.5) is 0 Å². The van der Waals surface area contributed by atoms with Crippen molar-refractivity contribution in [3.05, 3.63) is 23.3 Å². The highest BCUT2D eigenvalue weighted by atomic mass is 16.4. The number of allylic oxidation sites excluding steroid dienone is 3. The van der Waals surface area contributed by atoms with Gasteiger partial charge >= 0.3 is 0 Å². The molecule has 0 heterocycles. The molecule has 4 nitrogen and oxygen atoms in total. The predicted octanol–water partition coefficient (Wildman–Crippen LogP) is 3.67. The summed E-state index contributed by atoms with van der Waals surface area (Å²) in [6.07, 6.45) is 9.23. The van der Waals surface area contributed by atoms with E-state index in [0.29, 0.717) is 24.2 Å². The van der Waals surface area contributed by atoms with Crippen LogP contribution in [0.25, 0.3) is 0 Å². The summed E-state index contributed by atoms with van der Waals surface area (Å²) in [5, 5.41) is 33.7. The molecule has 0 bridgehead atoms. The molecule has 4 heteroatoms. The minimum atomic E-state index is -0.450. The van der Waals surface area contributed by atoms with Crippen molar-refractivity contribution in [2.45, 2.75) is 71.5 Å². The topological polar surface area (TPSA) is 73.1 Å². The van der Waals surface area contributed by atoms with Crippen LogP contribution in [0.2, 0.25) is 0 Å². The molecule has 4 aliphatic carbocycles. The molecule has 0 saturated heterocycles. The van der Waals surface area contributed by atoms with Gasteiger partial charge in [0.25, 0.3) is 0 Å². The van der Waals surface area contributed by atoms with Crippen molar-refractivity contribution < 1.29 is 15.4 Å². The number of rotatable bonds is 1. The van der Waals surface area contributed by atoms with Crippen LogP contribution in [-0.2, 0) is 0 Å². The molecule has 25 heavy (non-hydrogen) atoms. The summed E-state index contributed by atoms with van der Waals surface area (Å²) in [4.78, 5) is 0. The lowest BCUT2D eigenvalue weighted by Crippen LogP contribution is -2.55. The van der Waals surface area contributed by atoms with Crippen LogP contribution in [-0.4, -0.2) is 33.3 Å². The molecule has 0 aromatic carbocycles. The number of oxime groups is 1. The zero-order valence-electron chi connectivity index (χ0n) is 15.6. The minimum absolute atomic E-state index is 0.0817. The standard InChI is InChI=1S/C21H31NO3/c1-12(22-25)16-6-7-17-15-5-4-13-10-14(23)11-19(24)21(13,3)18(15)8-9-20(16,17)2/h4,6,14-15,17-19,23-25H,5,7-11H2,1-3H3/b22-12+/t14-,15-,17-,18-,19-,20+,21+/m1/s1. The van der Waals surface area contributed by atoms with Gasteiger partial charge < -0.3 is 15.4 Å². The number of hydrogen-bond donors (Lipinski definition) is 3. The molecule has 0 unspecified atom stereocenters. The maximum atomic E-state index is 10.9. The molecule has 4 aliphatic rings. The van der Waals surface area contributed by atoms with Crippen LogP contribution in [0.3, 0.4) is 0 Å². The lowest BCUT2D eigenvalue weighted by molar-refractivity contribution is -0.0959. The van der Waals surface area contributed by atoms with Crippen LogP contribution in [0.15, 0.2) is 28.5 Å². The summed E-state index contributed by atoms with van der Waals surface area (Å²) in [5.41, 5.74) is 3.15. The van der Waals surface area contributed by atoms with Crippen molar-refractivity contribution in [1.82, 2.24) is 0 Å². The summed E-state index contributed by atoms with van der Waals surface area (Å²) in [5.74, 6) is 1.58. The van der Waals surface area contributed by atoms with Gasteiger partial charge in [-0.3, -0.25) is 0 Å². The highest BCUT2D eigenvalue weighted by Gasteiger charge is 2.59. The summed E-state index contributed by atoms with van der Waals surface area (Å²) in [6.45, 7) is 6.47. The minimum Gasteiger partial charge on any atom is -0.411 e. The highest BCUT2D eigenvalue weighted by molar-refractivity contribution is 5.99. The Morgan fingerprint density at radius 1 is 1.16 bits per heavy atom. The first-order valence-corrected chi connectivity index (χ1v) is 9.77. The first-order valence-electron chi connectivity index (χ1n) is 9.77. The van der Waals surface area contributed by atoms with E-state index in [4.69, 9.17) is 0 Å². The molecule has 138 valence electrons. The molecular weight excluding hydrogens is 314 g/mol. The third-order valence-corrected chi connectivity index (χ3v) is 8.30. The van der Waals surface area contributed by atoms with Crippen molar-refractivity contribution in [3.63, 3.8) is 0 Å². The molecule has 3 N–H and O–H groups in total. The molecule has 2 fully saturated rings. The number of hydrogen-bond acceptors (Lipinski definition) is 4. The zero-order valence-corrected chi connectivity index (χ0v) is 15.6. The number of fused-ring (bicyclic) bond motifs is 5. The van der Waals surface area contributed by atoms with E-state index in [1.165, 1.54) is 11.1 Å². The summed E-state index contributed by atoms with van der Waals surface area (Å²) in [7, 11) is 0. The van der Waals surface area contributed by atoms with Gasteiger partial charge in [0.15, 0.2) is 0 Å². The van der Waals surface area contributed by atoms with E-state index in [0.717, 1.165) is 37.8 Å². The molecule has 0 aromatic heterocycles. The molecule has 0 aromatic rings. The molecule has 0 spiro atoms. The van der Waals surface area contributed by atoms with Gasteiger partial charge in [0.2, 0.25) is 0 Å². The quantitative estimate of drug-likeness (QED) is 0.294. The Bertz CT molecular complexity index is 666. The van der Waals surface area contributed by atoms with Crippen LogP contribution in [0.5, 0.6) is 0 Å². The van der Waals surface area contributed by atoms with E-state index in [-0.39, 0.29) is 10.8 Å². The molecule has 0 aliphatic heterocycles. The van der Waals surface area contributed by atoms with Crippen molar-refractivity contribution >= 4 is 5.71 Å². The Balaban J connectivity index is 1.69. The summed E-state index contributed by atoms with van der Waals surface area (Å²) < 4.78 is 0. The summed E-state index contributed by atoms with van der Waals surface area (Å²) in [6, 6.07) is 0. The first-order chi connectivity index (χ1) is 11.8. The fraction of sp³-hybridized carbons (Fsp3) is 0.762. The maximum absolute atomic E-state index is 10.9. The number of aliphatic hydroxyl groups excluding tert-OH is 2. The molecule has 0 radical (unpaired) electrons. The van der Waals surface area contributed by atoms with E-state index in [2.05, 4.69) is 31.2 Å². The van der Waals surface area contributed by atoms with Crippen molar-refractivity contribution in [3.8, 4) is 0 Å². The predicted molar refractivity (Wildman–Crippen MR) is 97.5 cm³/mol. The zero-order chi connectivity index (χ0) is 18.0. The van der Waals surface area contributed by atoms with Crippen LogP contribution in [0, 0.1) is 28.6 Å². The molecule has 0 amide bonds. The lowest BCUT2D eigenvalue weighted by Gasteiger charge is -2.59. The van der Waals surface area contributed by atoms with Gasteiger partial charge in [0.1, 0.15) is 0 Å². The van der Waals surface area contributed by atoms with Gasteiger partial charge in [0.05, 0.1) is 17.9 Å². The third-order valence-electron chi connectivity index (χ3n) is 8.30. The SMILES string of the molecule is C/C(=N\O)C1=CC[C@@H]2[C@H]3CC=C4C[C@@H](O)C[C@@H](O)[C@]4(C)[C@@H]3CC[C@@]12C. The van der Waals surface area contributed by atoms with Crippen LogP contribution >= 0.6 is 0 Å². The Kier molecular flexibility index (Phi) is 3.93. The normalized spacial score (nSPS) is 49.6. The average molecular weight is 345 g/mol. The van der Waals surface area contributed by atoms with Gasteiger partial charge in [-0.25, -0.2) is 0 Å². The molecule has 7 atom stereocenters. The van der Waals surface area contributed by atoms with E-state index in [1.807, 2.05) is 6.92 Å². The Hall–Kier alpha value is -1.13. The van der Waals surface area contributed by atoms with Gasteiger partial charge in [-0.2, -0.15) is 0 Å². The Morgan fingerprint density at radius 2 is 1.92 bits per heavy atom. The molecular formula is C21H31NO3. The Morgan fingerprint density at radius 3 is 2.64 bits per heavy atom. The molecule has 4 rings (SSSR count). The van der Waals surface area contributed by atoms with Crippen LogP contribution < -0.4 is 0 Å². The van der Waals surface area contributed by atoms with Crippen molar-refractivity contribution in [2.24, 2.45) is 33.7 Å². The van der Waals surface area contributed by atoms with Gasteiger partial charge in [-0.1, -0.05) is 36.7 Å². The van der Waals surface area contributed by atoms with E-state index in [9.17, 15) is 15.4 Å². The van der Waals surface area contributed by atoms with Crippen LogP contribution in [0.1, 0.15) is 59.3 Å². The van der Waals surface area contributed by atoms with E-state index < -0.39 is 12.2 Å². The monoisotopic (exact) mass is 345 g/mol. The highest BCUT2D eigenvalue weighted by Crippen LogP contribution is 2.65. The largest absolute Gasteiger partial charge is 0.411 e. The number of nitrogens with zero attached hydrogens (tertiary/aromatic N) is 1. The second-order valence-electron chi connectivity index (χ2n) is 9.23. The van der Waals surface area contributed by atoms with Crippen molar-refractivity contribution in [2.75, 3.05) is 0 Å².